The maximum absolute atomic E-state index is 13.4. The van der Waals surface area contributed by atoms with Crippen LogP contribution in [-0.2, 0) is 6.42 Å². The first-order valence-electron chi connectivity index (χ1n) is 6.60. The summed E-state index contributed by atoms with van der Waals surface area (Å²) >= 11 is 5.89. The number of halogens is 2. The van der Waals surface area contributed by atoms with Crippen LogP contribution in [0.4, 0.5) is 4.39 Å². The van der Waals surface area contributed by atoms with Gasteiger partial charge in [-0.1, -0.05) is 60.1 Å². The predicted molar refractivity (Wildman–Crippen MR) is 83.4 cm³/mol. The van der Waals surface area contributed by atoms with Gasteiger partial charge < -0.3 is 0 Å². The fourth-order valence-electron chi connectivity index (χ4n) is 2.32. The molecule has 0 amide bonds. The summed E-state index contributed by atoms with van der Waals surface area (Å²) in [7, 11) is 0. The van der Waals surface area contributed by atoms with Crippen molar-refractivity contribution in [2.75, 3.05) is 0 Å². The number of carbonyl (C=O) groups is 1. The van der Waals surface area contributed by atoms with Crippen molar-refractivity contribution >= 4 is 28.2 Å². The van der Waals surface area contributed by atoms with Crippen molar-refractivity contribution in [2.45, 2.75) is 6.42 Å². The van der Waals surface area contributed by atoms with Crippen LogP contribution < -0.4 is 0 Å². The lowest BCUT2D eigenvalue weighted by Gasteiger charge is -2.06. The molecule has 3 aromatic rings. The lowest BCUT2D eigenvalue weighted by atomic mass is 10.00. The molecule has 0 aromatic heterocycles. The average molecular weight is 299 g/mol. The first-order valence-corrected chi connectivity index (χ1v) is 6.98. The topological polar surface area (TPSA) is 17.1 Å². The minimum Gasteiger partial charge on any atom is -0.294 e. The van der Waals surface area contributed by atoms with Gasteiger partial charge in [0.25, 0.3) is 0 Å². The van der Waals surface area contributed by atoms with Gasteiger partial charge in [0.15, 0.2) is 5.78 Å². The fraction of sp³-hybridized carbons (Fsp3) is 0.0556. The Balaban J connectivity index is 1.91. The Hall–Kier alpha value is -2.19. The lowest BCUT2D eigenvalue weighted by molar-refractivity contribution is 0.0993. The van der Waals surface area contributed by atoms with Crippen molar-refractivity contribution in [3.8, 4) is 0 Å². The van der Waals surface area contributed by atoms with E-state index in [0.29, 0.717) is 11.1 Å². The molecule has 0 fully saturated rings. The maximum Gasteiger partial charge on any atom is 0.167 e. The van der Waals surface area contributed by atoms with Gasteiger partial charge in [-0.25, -0.2) is 4.39 Å². The Kier molecular flexibility index (Phi) is 3.72. The van der Waals surface area contributed by atoms with Crippen LogP contribution in [-0.4, -0.2) is 5.78 Å². The summed E-state index contributed by atoms with van der Waals surface area (Å²) in [5.41, 5.74) is 1.11. The van der Waals surface area contributed by atoms with E-state index < -0.39 is 5.82 Å². The number of hydrogen-bond acceptors (Lipinski definition) is 1. The van der Waals surface area contributed by atoms with Gasteiger partial charge in [-0.05, 0) is 28.5 Å². The van der Waals surface area contributed by atoms with E-state index in [-0.39, 0.29) is 17.2 Å². The van der Waals surface area contributed by atoms with Gasteiger partial charge in [0.2, 0.25) is 0 Å². The molecule has 0 radical (unpaired) electrons. The largest absolute Gasteiger partial charge is 0.294 e. The van der Waals surface area contributed by atoms with Gasteiger partial charge in [0.05, 0.1) is 5.02 Å². The van der Waals surface area contributed by atoms with Crippen LogP contribution in [0.5, 0.6) is 0 Å². The van der Waals surface area contributed by atoms with E-state index in [1.807, 2.05) is 36.4 Å². The standard InChI is InChI=1S/C18H12ClFO/c19-18-15(6-3-7-16(18)20)11-17(21)14-9-8-12-4-1-2-5-13(12)10-14/h1-10H,11H2. The number of Topliss-reactive ketones (excluding diaryl/α,β-unsaturated/α-hetero) is 1. The molecule has 0 spiro atoms. The quantitative estimate of drug-likeness (QED) is 0.618. The monoisotopic (exact) mass is 298 g/mol. The summed E-state index contributed by atoms with van der Waals surface area (Å²) < 4.78 is 13.4. The highest BCUT2D eigenvalue weighted by Crippen LogP contribution is 2.22. The molecule has 0 bridgehead atoms. The second kappa shape index (κ2) is 5.66. The summed E-state index contributed by atoms with van der Waals surface area (Å²) in [6.07, 6.45) is 0.0922. The summed E-state index contributed by atoms with van der Waals surface area (Å²) in [6, 6.07) is 17.9. The van der Waals surface area contributed by atoms with Gasteiger partial charge in [-0.3, -0.25) is 4.79 Å². The van der Waals surface area contributed by atoms with Crippen molar-refractivity contribution in [2.24, 2.45) is 0 Å². The van der Waals surface area contributed by atoms with Crippen LogP contribution >= 0.6 is 11.6 Å². The highest BCUT2D eigenvalue weighted by Gasteiger charge is 2.12. The zero-order chi connectivity index (χ0) is 14.8. The molecule has 21 heavy (non-hydrogen) atoms. The molecule has 0 atom stereocenters. The van der Waals surface area contributed by atoms with E-state index in [4.69, 9.17) is 11.6 Å². The van der Waals surface area contributed by atoms with E-state index in [0.717, 1.165) is 10.8 Å². The van der Waals surface area contributed by atoms with E-state index in [1.165, 1.54) is 6.07 Å². The third kappa shape index (κ3) is 2.81. The summed E-state index contributed by atoms with van der Waals surface area (Å²) in [5, 5.41) is 2.11. The molecule has 104 valence electrons. The molecule has 3 heteroatoms. The Labute approximate surface area is 127 Å². The van der Waals surface area contributed by atoms with Gasteiger partial charge in [-0.15, -0.1) is 0 Å². The molecule has 0 aliphatic rings. The molecule has 0 N–H and O–H groups in total. The third-order valence-corrected chi connectivity index (χ3v) is 3.88. The van der Waals surface area contributed by atoms with Crippen LogP contribution in [0.1, 0.15) is 15.9 Å². The first kappa shape index (κ1) is 13.8. The van der Waals surface area contributed by atoms with Crippen molar-refractivity contribution < 1.29 is 9.18 Å². The molecule has 3 rings (SSSR count). The SMILES string of the molecule is O=C(Cc1cccc(F)c1Cl)c1ccc2ccccc2c1. The van der Waals surface area contributed by atoms with E-state index in [9.17, 15) is 9.18 Å². The number of hydrogen-bond donors (Lipinski definition) is 0. The highest BCUT2D eigenvalue weighted by molar-refractivity contribution is 6.31. The second-order valence-electron chi connectivity index (χ2n) is 4.87. The zero-order valence-electron chi connectivity index (χ0n) is 11.1. The fourth-order valence-corrected chi connectivity index (χ4v) is 2.52. The molecule has 0 aliphatic carbocycles. The molecule has 0 unspecified atom stereocenters. The van der Waals surface area contributed by atoms with Gasteiger partial charge in [0, 0.05) is 12.0 Å². The van der Waals surface area contributed by atoms with Crippen LogP contribution in [0, 0.1) is 5.82 Å². The molecular formula is C18H12ClFO. The molecule has 0 saturated carbocycles. The minimum atomic E-state index is -0.500. The summed E-state index contributed by atoms with van der Waals surface area (Å²) in [5.74, 6) is -0.575. The second-order valence-corrected chi connectivity index (χ2v) is 5.25. The Bertz CT molecular complexity index is 826. The molecule has 1 nitrogen and oxygen atoms in total. The first-order chi connectivity index (χ1) is 10.1. The van der Waals surface area contributed by atoms with Crippen molar-refractivity contribution in [3.05, 3.63) is 82.6 Å². The van der Waals surface area contributed by atoms with E-state index in [2.05, 4.69) is 0 Å². The smallest absolute Gasteiger partial charge is 0.167 e. The minimum absolute atomic E-state index is 0.0200. The van der Waals surface area contributed by atoms with Crippen LogP contribution in [0.25, 0.3) is 10.8 Å². The molecular weight excluding hydrogens is 287 g/mol. The number of fused-ring (bicyclic) bond motifs is 1. The molecule has 3 aromatic carbocycles. The lowest BCUT2D eigenvalue weighted by Crippen LogP contribution is -2.04. The molecule has 0 heterocycles. The van der Waals surface area contributed by atoms with Crippen LogP contribution in [0.2, 0.25) is 5.02 Å². The maximum atomic E-state index is 13.4. The predicted octanol–water partition coefficient (Wildman–Crippen LogP) is 5.06. The Morgan fingerprint density at radius 2 is 1.71 bits per heavy atom. The normalized spacial score (nSPS) is 10.8. The van der Waals surface area contributed by atoms with Crippen molar-refractivity contribution in [1.29, 1.82) is 0 Å². The van der Waals surface area contributed by atoms with E-state index in [1.54, 1.807) is 18.2 Å². The average Bonchev–Trinajstić information content (AvgIpc) is 2.51. The van der Waals surface area contributed by atoms with Crippen molar-refractivity contribution in [1.82, 2.24) is 0 Å². The van der Waals surface area contributed by atoms with E-state index >= 15 is 0 Å². The number of carbonyl (C=O) groups excluding carboxylic acids is 1. The number of rotatable bonds is 3. The molecule has 0 saturated heterocycles. The Morgan fingerprint density at radius 3 is 2.52 bits per heavy atom. The number of benzene rings is 3. The highest BCUT2D eigenvalue weighted by atomic mass is 35.5. The Morgan fingerprint density at radius 1 is 0.952 bits per heavy atom. The van der Waals surface area contributed by atoms with Gasteiger partial charge in [0.1, 0.15) is 5.82 Å². The summed E-state index contributed by atoms with van der Waals surface area (Å²) in [4.78, 5) is 12.3. The molecule has 0 aliphatic heterocycles. The van der Waals surface area contributed by atoms with Crippen LogP contribution in [0.3, 0.4) is 0 Å². The van der Waals surface area contributed by atoms with Crippen molar-refractivity contribution in [3.63, 3.8) is 0 Å². The van der Waals surface area contributed by atoms with Gasteiger partial charge in [-0.2, -0.15) is 0 Å². The van der Waals surface area contributed by atoms with Crippen LogP contribution in [0.15, 0.2) is 60.7 Å². The number of ketones is 1. The third-order valence-electron chi connectivity index (χ3n) is 3.45. The summed E-state index contributed by atoms with van der Waals surface area (Å²) in [6.45, 7) is 0. The van der Waals surface area contributed by atoms with Gasteiger partial charge >= 0.3 is 0 Å². The zero-order valence-corrected chi connectivity index (χ0v) is 11.9.